The number of carbonyl (C=O) groups excluding carboxylic acids is 2. The van der Waals surface area contributed by atoms with Crippen molar-refractivity contribution in [1.29, 1.82) is 0 Å². The minimum Gasteiger partial charge on any atom is -0.332 e. The molecule has 2 aromatic carbocycles. The SMILES string of the molecule is CC(C)N(CC(=O)N(Cc1ccc(F)cc1)Cc1cccs1)C(=O)c1ccc(Cl)c(Cl)c1. The lowest BCUT2D eigenvalue weighted by Crippen LogP contribution is -2.45. The van der Waals surface area contributed by atoms with Gasteiger partial charge < -0.3 is 9.80 Å². The average molecular weight is 493 g/mol. The van der Waals surface area contributed by atoms with E-state index in [1.165, 1.54) is 23.1 Å². The summed E-state index contributed by atoms with van der Waals surface area (Å²) in [4.78, 5) is 30.7. The molecule has 0 N–H and O–H groups in total. The summed E-state index contributed by atoms with van der Waals surface area (Å²) in [5.41, 5.74) is 1.17. The summed E-state index contributed by atoms with van der Waals surface area (Å²) in [5, 5.41) is 2.59. The summed E-state index contributed by atoms with van der Waals surface area (Å²) < 4.78 is 13.3. The van der Waals surface area contributed by atoms with Gasteiger partial charge in [-0.15, -0.1) is 11.3 Å². The number of hydrogen-bond donors (Lipinski definition) is 0. The standard InChI is InChI=1S/C24H23Cl2FN2O2S/c1-16(2)29(24(31)18-7-10-21(25)22(26)12-18)15-23(30)28(14-20-4-3-11-32-20)13-17-5-8-19(27)9-6-17/h3-12,16H,13-15H2,1-2H3. The van der Waals surface area contributed by atoms with Crippen LogP contribution in [0.5, 0.6) is 0 Å². The normalized spacial score (nSPS) is 10.9. The maximum absolute atomic E-state index is 13.3. The first-order chi connectivity index (χ1) is 15.2. The van der Waals surface area contributed by atoms with Crippen molar-refractivity contribution in [3.63, 3.8) is 0 Å². The molecule has 0 atom stereocenters. The van der Waals surface area contributed by atoms with Gasteiger partial charge in [-0.3, -0.25) is 9.59 Å². The molecular weight excluding hydrogens is 470 g/mol. The van der Waals surface area contributed by atoms with E-state index in [0.29, 0.717) is 23.7 Å². The second kappa shape index (κ2) is 10.9. The van der Waals surface area contributed by atoms with E-state index in [1.807, 2.05) is 31.4 Å². The molecule has 3 aromatic rings. The van der Waals surface area contributed by atoms with Gasteiger partial charge in [-0.05, 0) is 61.2 Å². The van der Waals surface area contributed by atoms with E-state index < -0.39 is 0 Å². The van der Waals surface area contributed by atoms with E-state index in [4.69, 9.17) is 23.2 Å². The quantitative estimate of drug-likeness (QED) is 0.371. The molecule has 168 valence electrons. The third-order valence-corrected chi connectivity index (χ3v) is 6.52. The Balaban J connectivity index is 1.81. The Morgan fingerprint density at radius 3 is 2.31 bits per heavy atom. The van der Waals surface area contributed by atoms with Crippen molar-refractivity contribution < 1.29 is 14.0 Å². The van der Waals surface area contributed by atoms with Crippen LogP contribution in [0.3, 0.4) is 0 Å². The minimum atomic E-state index is -0.330. The molecule has 0 spiro atoms. The second-order valence-corrected chi connectivity index (χ2v) is 9.46. The fourth-order valence-electron chi connectivity index (χ4n) is 3.16. The van der Waals surface area contributed by atoms with E-state index >= 15 is 0 Å². The Hall–Kier alpha value is -2.41. The number of amides is 2. The molecule has 0 bridgehead atoms. The van der Waals surface area contributed by atoms with Gasteiger partial charge in [0.15, 0.2) is 0 Å². The minimum absolute atomic E-state index is 0.0939. The molecule has 0 aliphatic rings. The van der Waals surface area contributed by atoms with Gasteiger partial charge in [0.2, 0.25) is 5.91 Å². The summed E-state index contributed by atoms with van der Waals surface area (Å²) in [5.74, 6) is -0.835. The second-order valence-electron chi connectivity index (χ2n) is 7.61. The highest BCUT2D eigenvalue weighted by Crippen LogP contribution is 2.24. The van der Waals surface area contributed by atoms with Crippen molar-refractivity contribution >= 4 is 46.4 Å². The molecule has 0 aliphatic heterocycles. The van der Waals surface area contributed by atoms with Crippen molar-refractivity contribution in [2.45, 2.75) is 33.0 Å². The molecule has 2 amide bonds. The first kappa shape index (κ1) is 24.2. The van der Waals surface area contributed by atoms with E-state index in [0.717, 1.165) is 10.4 Å². The number of hydrogen-bond acceptors (Lipinski definition) is 3. The van der Waals surface area contributed by atoms with E-state index in [-0.39, 0.29) is 35.2 Å². The van der Waals surface area contributed by atoms with Crippen molar-refractivity contribution in [3.8, 4) is 0 Å². The zero-order chi connectivity index (χ0) is 23.3. The summed E-state index contributed by atoms with van der Waals surface area (Å²) in [6.45, 7) is 4.33. The maximum atomic E-state index is 13.3. The lowest BCUT2D eigenvalue weighted by molar-refractivity contribution is -0.133. The molecule has 0 aliphatic carbocycles. The van der Waals surface area contributed by atoms with Gasteiger partial charge in [0.25, 0.3) is 5.91 Å². The molecule has 0 unspecified atom stereocenters. The molecule has 1 aromatic heterocycles. The van der Waals surface area contributed by atoms with Crippen LogP contribution >= 0.6 is 34.5 Å². The van der Waals surface area contributed by atoms with Crippen LogP contribution in [0.4, 0.5) is 4.39 Å². The van der Waals surface area contributed by atoms with Crippen molar-refractivity contribution in [3.05, 3.63) is 91.8 Å². The number of thiophene rings is 1. The van der Waals surface area contributed by atoms with Crippen LogP contribution in [0.15, 0.2) is 60.0 Å². The Kier molecular flexibility index (Phi) is 8.29. The molecule has 1 heterocycles. The Morgan fingerprint density at radius 2 is 1.72 bits per heavy atom. The molecule has 32 heavy (non-hydrogen) atoms. The van der Waals surface area contributed by atoms with Gasteiger partial charge in [0, 0.05) is 23.0 Å². The third kappa shape index (κ3) is 6.31. The Bertz CT molecular complexity index is 1070. The van der Waals surface area contributed by atoms with Gasteiger partial charge >= 0.3 is 0 Å². The summed E-state index contributed by atoms with van der Waals surface area (Å²) >= 11 is 13.6. The van der Waals surface area contributed by atoms with E-state index in [2.05, 4.69) is 0 Å². The van der Waals surface area contributed by atoms with E-state index in [1.54, 1.807) is 40.5 Å². The highest BCUT2D eigenvalue weighted by atomic mass is 35.5. The van der Waals surface area contributed by atoms with Gasteiger partial charge in [-0.25, -0.2) is 4.39 Å². The van der Waals surface area contributed by atoms with Crippen LogP contribution in [0.2, 0.25) is 10.0 Å². The topological polar surface area (TPSA) is 40.6 Å². The number of halogens is 3. The van der Waals surface area contributed by atoms with Crippen LogP contribution in [-0.2, 0) is 17.9 Å². The smallest absolute Gasteiger partial charge is 0.254 e. The first-order valence-corrected chi connectivity index (χ1v) is 11.7. The number of benzene rings is 2. The predicted octanol–water partition coefficient (Wildman–Crippen LogP) is 6.27. The maximum Gasteiger partial charge on any atom is 0.254 e. The molecule has 3 rings (SSSR count). The molecule has 0 radical (unpaired) electrons. The number of rotatable bonds is 8. The lowest BCUT2D eigenvalue weighted by Gasteiger charge is -2.30. The molecule has 0 fully saturated rings. The van der Waals surface area contributed by atoms with Gasteiger partial charge in [0.1, 0.15) is 12.4 Å². The highest BCUT2D eigenvalue weighted by molar-refractivity contribution is 7.09. The Morgan fingerprint density at radius 1 is 1.00 bits per heavy atom. The number of nitrogens with zero attached hydrogens (tertiary/aromatic N) is 2. The third-order valence-electron chi connectivity index (χ3n) is 4.92. The fourth-order valence-corrected chi connectivity index (χ4v) is 4.18. The zero-order valence-electron chi connectivity index (χ0n) is 17.7. The van der Waals surface area contributed by atoms with Crippen LogP contribution in [0.1, 0.15) is 34.6 Å². The summed E-state index contributed by atoms with van der Waals surface area (Å²) in [6.07, 6.45) is 0. The van der Waals surface area contributed by atoms with Gasteiger partial charge in [0.05, 0.1) is 16.6 Å². The van der Waals surface area contributed by atoms with Crippen LogP contribution in [0, 0.1) is 5.82 Å². The van der Waals surface area contributed by atoms with Gasteiger partial charge in [-0.2, -0.15) is 0 Å². The Labute approximate surface area is 201 Å². The molecule has 8 heteroatoms. The molecule has 0 saturated heterocycles. The van der Waals surface area contributed by atoms with Crippen molar-refractivity contribution in [2.24, 2.45) is 0 Å². The summed E-state index contributed by atoms with van der Waals surface area (Å²) in [7, 11) is 0. The predicted molar refractivity (Wildman–Crippen MR) is 128 cm³/mol. The van der Waals surface area contributed by atoms with Crippen LogP contribution in [-0.4, -0.2) is 34.2 Å². The van der Waals surface area contributed by atoms with E-state index in [9.17, 15) is 14.0 Å². The summed E-state index contributed by atoms with van der Waals surface area (Å²) in [6, 6.07) is 14.4. The van der Waals surface area contributed by atoms with Crippen LogP contribution < -0.4 is 0 Å². The molecule has 0 saturated carbocycles. The monoisotopic (exact) mass is 492 g/mol. The first-order valence-electron chi connectivity index (χ1n) is 10.0. The van der Waals surface area contributed by atoms with Crippen molar-refractivity contribution in [1.82, 2.24) is 9.80 Å². The highest BCUT2D eigenvalue weighted by Gasteiger charge is 2.25. The lowest BCUT2D eigenvalue weighted by atomic mass is 10.1. The fraction of sp³-hybridized carbons (Fsp3) is 0.250. The largest absolute Gasteiger partial charge is 0.332 e. The van der Waals surface area contributed by atoms with Gasteiger partial charge in [-0.1, -0.05) is 41.4 Å². The molecular formula is C24H23Cl2FN2O2S. The van der Waals surface area contributed by atoms with Crippen molar-refractivity contribution in [2.75, 3.05) is 6.54 Å². The van der Waals surface area contributed by atoms with Crippen LogP contribution in [0.25, 0.3) is 0 Å². The zero-order valence-corrected chi connectivity index (χ0v) is 20.1. The molecule has 4 nitrogen and oxygen atoms in total. The number of carbonyl (C=O) groups is 2. The average Bonchev–Trinajstić information content (AvgIpc) is 3.27.